The van der Waals surface area contributed by atoms with Gasteiger partial charge in [-0.25, -0.2) is 0 Å². The summed E-state index contributed by atoms with van der Waals surface area (Å²) in [5.41, 5.74) is 2.01. The SMILES string of the molecule is CNC(c1cc(Cl)c(OC)cc1Cl)c1cc(Br)sc1Br. The summed E-state index contributed by atoms with van der Waals surface area (Å²) in [7, 11) is 3.45. The van der Waals surface area contributed by atoms with Crippen molar-refractivity contribution in [1.82, 2.24) is 5.32 Å². The molecule has 7 heteroatoms. The van der Waals surface area contributed by atoms with Gasteiger partial charge in [-0.15, -0.1) is 11.3 Å². The molecule has 0 aliphatic heterocycles. The maximum atomic E-state index is 6.36. The van der Waals surface area contributed by atoms with Gasteiger partial charge in [0.2, 0.25) is 0 Å². The van der Waals surface area contributed by atoms with Crippen molar-refractivity contribution < 1.29 is 4.74 Å². The second kappa shape index (κ2) is 6.99. The van der Waals surface area contributed by atoms with Gasteiger partial charge in [0.25, 0.3) is 0 Å². The number of benzene rings is 1. The fourth-order valence-electron chi connectivity index (χ4n) is 1.95. The van der Waals surface area contributed by atoms with E-state index in [1.54, 1.807) is 24.5 Å². The van der Waals surface area contributed by atoms with Crippen molar-refractivity contribution in [3.05, 3.63) is 46.9 Å². The minimum Gasteiger partial charge on any atom is -0.495 e. The van der Waals surface area contributed by atoms with Gasteiger partial charge in [0.15, 0.2) is 0 Å². The molecule has 0 saturated heterocycles. The van der Waals surface area contributed by atoms with Gasteiger partial charge in [-0.1, -0.05) is 23.2 Å². The Morgan fingerprint density at radius 3 is 2.35 bits per heavy atom. The van der Waals surface area contributed by atoms with E-state index in [0.29, 0.717) is 15.8 Å². The number of hydrogen-bond acceptors (Lipinski definition) is 3. The highest BCUT2D eigenvalue weighted by Gasteiger charge is 2.21. The molecule has 0 amide bonds. The van der Waals surface area contributed by atoms with Crippen LogP contribution < -0.4 is 10.1 Å². The predicted octanol–water partition coefficient (Wildman–Crippen LogP) is 5.90. The number of rotatable bonds is 4. The van der Waals surface area contributed by atoms with Crippen molar-refractivity contribution in [2.75, 3.05) is 14.2 Å². The van der Waals surface area contributed by atoms with E-state index in [1.165, 1.54) is 0 Å². The third kappa shape index (κ3) is 3.34. The summed E-state index contributed by atoms with van der Waals surface area (Å²) in [6.45, 7) is 0. The molecule has 0 saturated carbocycles. The summed E-state index contributed by atoms with van der Waals surface area (Å²) >= 11 is 21.2. The van der Waals surface area contributed by atoms with Gasteiger partial charge < -0.3 is 10.1 Å². The molecule has 2 rings (SSSR count). The molecule has 0 radical (unpaired) electrons. The summed E-state index contributed by atoms with van der Waals surface area (Å²) in [5.74, 6) is 0.570. The molecule has 1 aromatic carbocycles. The first kappa shape index (κ1) is 16.6. The molecule has 0 fully saturated rings. The number of thiophene rings is 1. The van der Waals surface area contributed by atoms with Gasteiger partial charge in [-0.05, 0) is 62.2 Å². The molecule has 2 nitrogen and oxygen atoms in total. The van der Waals surface area contributed by atoms with Crippen molar-refractivity contribution in [2.45, 2.75) is 6.04 Å². The van der Waals surface area contributed by atoms with Gasteiger partial charge in [-0.2, -0.15) is 0 Å². The zero-order valence-electron chi connectivity index (χ0n) is 10.6. The second-order valence-corrected chi connectivity index (χ2v) is 8.57. The average molecular weight is 460 g/mol. The van der Waals surface area contributed by atoms with Gasteiger partial charge in [0.1, 0.15) is 5.75 Å². The van der Waals surface area contributed by atoms with Crippen molar-refractivity contribution in [2.24, 2.45) is 0 Å². The standard InChI is InChI=1S/C13H11Br2Cl2NOS/c1-18-12(7-4-11(14)20-13(7)15)6-3-9(17)10(19-2)5-8(6)16/h3-5,12,18H,1-2H3. The lowest BCUT2D eigenvalue weighted by Gasteiger charge is -2.19. The van der Waals surface area contributed by atoms with E-state index >= 15 is 0 Å². The van der Waals surface area contributed by atoms with Gasteiger partial charge in [0, 0.05) is 11.1 Å². The summed E-state index contributed by atoms with van der Waals surface area (Å²) < 4.78 is 7.28. The minimum absolute atomic E-state index is 0.0529. The average Bonchev–Trinajstić information content (AvgIpc) is 2.73. The van der Waals surface area contributed by atoms with E-state index in [-0.39, 0.29) is 6.04 Å². The van der Waals surface area contributed by atoms with Gasteiger partial charge in [0.05, 0.1) is 25.7 Å². The van der Waals surface area contributed by atoms with E-state index < -0.39 is 0 Å². The molecule has 1 N–H and O–H groups in total. The maximum absolute atomic E-state index is 6.36. The lowest BCUT2D eigenvalue weighted by molar-refractivity contribution is 0.415. The van der Waals surface area contributed by atoms with Gasteiger partial charge >= 0.3 is 0 Å². The highest BCUT2D eigenvalue weighted by molar-refractivity contribution is 9.12. The van der Waals surface area contributed by atoms with E-state index in [2.05, 4.69) is 43.2 Å². The molecule has 1 heterocycles. The number of nitrogens with one attached hydrogen (secondary N) is 1. The van der Waals surface area contributed by atoms with Crippen molar-refractivity contribution in [1.29, 1.82) is 0 Å². The molecule has 20 heavy (non-hydrogen) atoms. The van der Waals surface area contributed by atoms with E-state index in [4.69, 9.17) is 27.9 Å². The van der Waals surface area contributed by atoms with Crippen LogP contribution >= 0.6 is 66.4 Å². The molecule has 2 aromatic rings. The lowest BCUT2D eigenvalue weighted by atomic mass is 10.0. The Hall–Kier alpha value is 0.220. The maximum Gasteiger partial charge on any atom is 0.138 e. The quantitative estimate of drug-likeness (QED) is 0.614. The Balaban J connectivity index is 2.52. The number of hydrogen-bond donors (Lipinski definition) is 1. The van der Waals surface area contributed by atoms with E-state index in [0.717, 1.165) is 18.7 Å². The van der Waals surface area contributed by atoms with Crippen LogP contribution in [0.1, 0.15) is 17.2 Å². The number of halogens is 4. The second-order valence-electron chi connectivity index (χ2n) is 4.01. The van der Waals surface area contributed by atoms with E-state index in [9.17, 15) is 0 Å². The zero-order valence-corrected chi connectivity index (χ0v) is 16.1. The van der Waals surface area contributed by atoms with Crippen LogP contribution in [-0.4, -0.2) is 14.2 Å². The Morgan fingerprint density at radius 2 is 1.85 bits per heavy atom. The fourth-order valence-corrected chi connectivity index (χ4v) is 5.36. The molecule has 0 spiro atoms. The predicted molar refractivity (Wildman–Crippen MR) is 93.6 cm³/mol. The van der Waals surface area contributed by atoms with Crippen molar-refractivity contribution in [3.63, 3.8) is 0 Å². The van der Waals surface area contributed by atoms with Crippen molar-refractivity contribution >= 4 is 66.4 Å². The lowest BCUT2D eigenvalue weighted by Crippen LogP contribution is -2.18. The molecule has 0 bridgehead atoms. The molecule has 1 aromatic heterocycles. The van der Waals surface area contributed by atoms with Crippen LogP contribution in [0.15, 0.2) is 25.8 Å². The smallest absolute Gasteiger partial charge is 0.138 e. The topological polar surface area (TPSA) is 21.3 Å². The third-order valence-electron chi connectivity index (χ3n) is 2.86. The first-order chi connectivity index (χ1) is 9.47. The molecule has 1 atom stereocenters. The molecule has 0 aliphatic carbocycles. The highest BCUT2D eigenvalue weighted by atomic mass is 79.9. The van der Waals surface area contributed by atoms with Crippen LogP contribution in [0.5, 0.6) is 5.75 Å². The first-order valence-electron chi connectivity index (χ1n) is 5.62. The molecular formula is C13H11Br2Cl2NOS. The van der Waals surface area contributed by atoms with Gasteiger partial charge in [-0.3, -0.25) is 0 Å². The van der Waals surface area contributed by atoms with Crippen LogP contribution in [0.2, 0.25) is 10.0 Å². The number of methoxy groups -OCH3 is 1. The van der Waals surface area contributed by atoms with Crippen LogP contribution in [0.4, 0.5) is 0 Å². The fraction of sp³-hybridized carbons (Fsp3) is 0.231. The summed E-state index contributed by atoms with van der Waals surface area (Å²) in [6, 6.07) is 5.58. The minimum atomic E-state index is -0.0529. The summed E-state index contributed by atoms with van der Waals surface area (Å²) in [5, 5.41) is 4.42. The summed E-state index contributed by atoms with van der Waals surface area (Å²) in [4.78, 5) is 0. The number of ether oxygens (including phenoxy) is 1. The molecular weight excluding hydrogens is 449 g/mol. The monoisotopic (exact) mass is 457 g/mol. The van der Waals surface area contributed by atoms with E-state index in [1.807, 2.05) is 13.1 Å². The van der Waals surface area contributed by atoms with Crippen LogP contribution in [-0.2, 0) is 0 Å². The molecule has 0 aliphatic rings. The normalized spacial score (nSPS) is 12.5. The third-order valence-corrected chi connectivity index (χ3v) is 5.87. The Morgan fingerprint density at radius 1 is 1.15 bits per heavy atom. The molecule has 108 valence electrons. The first-order valence-corrected chi connectivity index (χ1v) is 8.78. The van der Waals surface area contributed by atoms with Crippen molar-refractivity contribution in [3.8, 4) is 5.75 Å². The molecule has 1 unspecified atom stereocenters. The highest BCUT2D eigenvalue weighted by Crippen LogP contribution is 2.41. The zero-order chi connectivity index (χ0) is 14.9. The van der Waals surface area contributed by atoms with Crippen LogP contribution in [0.25, 0.3) is 0 Å². The largest absolute Gasteiger partial charge is 0.495 e. The Labute approximate surface area is 148 Å². The van der Waals surface area contributed by atoms with Crippen LogP contribution in [0.3, 0.4) is 0 Å². The summed E-state index contributed by atoms with van der Waals surface area (Å²) in [6.07, 6.45) is 0. The Bertz CT molecular complexity index is 633. The Kier molecular flexibility index (Phi) is 5.79. The van der Waals surface area contributed by atoms with Crippen LogP contribution in [0, 0.1) is 0 Å².